The molecule has 0 saturated carbocycles. The van der Waals surface area contributed by atoms with Crippen molar-refractivity contribution >= 4 is 22.2 Å². The minimum atomic E-state index is 0.528. The summed E-state index contributed by atoms with van der Waals surface area (Å²) < 4.78 is 5.30. The van der Waals surface area contributed by atoms with Crippen LogP contribution in [-0.4, -0.2) is 12.1 Å². The standard InChI is InChI=1S/C13H17N3OS/c1-8-5-12(17-3)9(2)4-11(8)16-13-15-7-10(6-14)18-13/h4-5,7H,6,14H2,1-3H3,(H,15,16). The van der Waals surface area contributed by atoms with Gasteiger partial charge in [-0.1, -0.05) is 0 Å². The van der Waals surface area contributed by atoms with Crippen molar-refractivity contribution in [2.24, 2.45) is 5.73 Å². The molecular formula is C13H17N3OS. The molecule has 0 bridgehead atoms. The van der Waals surface area contributed by atoms with Crippen LogP contribution in [0.15, 0.2) is 18.3 Å². The number of thiazole rings is 1. The molecular weight excluding hydrogens is 246 g/mol. The fourth-order valence-corrected chi connectivity index (χ4v) is 2.42. The molecule has 0 saturated heterocycles. The van der Waals surface area contributed by atoms with Crippen LogP contribution in [0.4, 0.5) is 10.8 Å². The Hall–Kier alpha value is -1.59. The molecule has 1 aromatic carbocycles. The molecule has 2 rings (SSSR count). The third-order valence-electron chi connectivity index (χ3n) is 2.74. The Morgan fingerprint density at radius 1 is 1.33 bits per heavy atom. The van der Waals surface area contributed by atoms with Crippen LogP contribution in [0, 0.1) is 13.8 Å². The van der Waals surface area contributed by atoms with Crippen LogP contribution < -0.4 is 15.8 Å². The molecule has 0 spiro atoms. The van der Waals surface area contributed by atoms with Gasteiger partial charge in [-0.2, -0.15) is 0 Å². The Morgan fingerprint density at radius 2 is 2.11 bits per heavy atom. The summed E-state index contributed by atoms with van der Waals surface area (Å²) in [7, 11) is 1.68. The molecule has 0 fully saturated rings. The van der Waals surface area contributed by atoms with E-state index >= 15 is 0 Å². The number of ether oxygens (including phenoxy) is 1. The molecule has 0 aliphatic carbocycles. The molecule has 4 nitrogen and oxygen atoms in total. The number of nitrogens with one attached hydrogen (secondary N) is 1. The second-order valence-electron chi connectivity index (χ2n) is 4.10. The van der Waals surface area contributed by atoms with Crippen LogP contribution >= 0.6 is 11.3 Å². The lowest BCUT2D eigenvalue weighted by Gasteiger charge is -2.11. The molecule has 5 heteroatoms. The molecule has 0 aliphatic rings. The SMILES string of the molecule is COc1cc(C)c(Nc2ncc(CN)s2)cc1C. The molecule has 0 radical (unpaired) electrons. The Bertz CT molecular complexity index is 551. The molecule has 1 aromatic heterocycles. The van der Waals surface area contributed by atoms with Gasteiger partial charge >= 0.3 is 0 Å². The van der Waals surface area contributed by atoms with E-state index in [4.69, 9.17) is 10.5 Å². The zero-order chi connectivity index (χ0) is 13.1. The van der Waals surface area contributed by atoms with Gasteiger partial charge in [0.2, 0.25) is 0 Å². The number of rotatable bonds is 4. The van der Waals surface area contributed by atoms with Crippen LogP contribution in [0.1, 0.15) is 16.0 Å². The summed E-state index contributed by atoms with van der Waals surface area (Å²) in [6.07, 6.45) is 1.80. The van der Waals surface area contributed by atoms with Crippen LogP contribution in [0.25, 0.3) is 0 Å². The van der Waals surface area contributed by atoms with Gasteiger partial charge in [0.05, 0.1) is 7.11 Å². The Morgan fingerprint density at radius 3 is 2.72 bits per heavy atom. The Labute approximate surface area is 111 Å². The molecule has 18 heavy (non-hydrogen) atoms. The van der Waals surface area contributed by atoms with E-state index in [1.807, 2.05) is 19.9 Å². The highest BCUT2D eigenvalue weighted by molar-refractivity contribution is 7.15. The molecule has 1 heterocycles. The van der Waals surface area contributed by atoms with Crippen molar-refractivity contribution in [3.8, 4) is 5.75 Å². The second-order valence-corrected chi connectivity index (χ2v) is 5.21. The second kappa shape index (κ2) is 5.37. The summed E-state index contributed by atoms with van der Waals surface area (Å²) in [6, 6.07) is 4.09. The highest BCUT2D eigenvalue weighted by Gasteiger charge is 2.07. The van der Waals surface area contributed by atoms with Gasteiger partial charge in [-0.05, 0) is 37.1 Å². The Kier molecular flexibility index (Phi) is 3.84. The van der Waals surface area contributed by atoms with Gasteiger partial charge in [0.25, 0.3) is 0 Å². The molecule has 0 amide bonds. The minimum absolute atomic E-state index is 0.528. The van der Waals surface area contributed by atoms with E-state index in [1.165, 1.54) is 0 Å². The predicted molar refractivity (Wildman–Crippen MR) is 75.8 cm³/mol. The first-order valence-electron chi connectivity index (χ1n) is 5.71. The first kappa shape index (κ1) is 12.9. The van der Waals surface area contributed by atoms with Gasteiger partial charge < -0.3 is 15.8 Å². The summed E-state index contributed by atoms with van der Waals surface area (Å²) in [4.78, 5) is 5.36. The number of aryl methyl sites for hydroxylation is 2. The van der Waals surface area contributed by atoms with Crippen molar-refractivity contribution in [3.63, 3.8) is 0 Å². The number of hydrogen-bond donors (Lipinski definition) is 2. The lowest BCUT2D eigenvalue weighted by atomic mass is 10.1. The van der Waals surface area contributed by atoms with Gasteiger partial charge in [0.15, 0.2) is 5.13 Å². The summed E-state index contributed by atoms with van der Waals surface area (Å²) in [5, 5.41) is 4.18. The maximum absolute atomic E-state index is 5.57. The third-order valence-corrected chi connectivity index (χ3v) is 3.67. The molecule has 3 N–H and O–H groups in total. The number of hydrogen-bond acceptors (Lipinski definition) is 5. The molecule has 2 aromatic rings. The van der Waals surface area contributed by atoms with Crippen molar-refractivity contribution in [2.75, 3.05) is 12.4 Å². The number of benzene rings is 1. The zero-order valence-electron chi connectivity index (χ0n) is 10.8. The first-order chi connectivity index (χ1) is 8.63. The largest absolute Gasteiger partial charge is 0.496 e. The van der Waals surface area contributed by atoms with Gasteiger partial charge in [-0.15, -0.1) is 11.3 Å². The van der Waals surface area contributed by atoms with Crippen LogP contribution in [0.5, 0.6) is 5.75 Å². The lowest BCUT2D eigenvalue weighted by Crippen LogP contribution is -1.95. The van der Waals surface area contributed by atoms with Crippen molar-refractivity contribution in [1.82, 2.24) is 4.98 Å². The number of aromatic nitrogens is 1. The fourth-order valence-electron chi connectivity index (χ4n) is 1.72. The van der Waals surface area contributed by atoms with Gasteiger partial charge in [-0.3, -0.25) is 0 Å². The smallest absolute Gasteiger partial charge is 0.187 e. The van der Waals surface area contributed by atoms with E-state index in [0.717, 1.165) is 32.6 Å². The van der Waals surface area contributed by atoms with E-state index in [2.05, 4.69) is 16.4 Å². The zero-order valence-corrected chi connectivity index (χ0v) is 11.6. The van der Waals surface area contributed by atoms with E-state index < -0.39 is 0 Å². The highest BCUT2D eigenvalue weighted by Crippen LogP contribution is 2.29. The van der Waals surface area contributed by atoms with Crippen molar-refractivity contribution < 1.29 is 4.74 Å². The number of nitrogens with zero attached hydrogens (tertiary/aromatic N) is 1. The van der Waals surface area contributed by atoms with E-state index in [1.54, 1.807) is 24.6 Å². The fraction of sp³-hybridized carbons (Fsp3) is 0.308. The topological polar surface area (TPSA) is 60.2 Å². The molecule has 0 unspecified atom stereocenters. The molecule has 0 aliphatic heterocycles. The number of methoxy groups -OCH3 is 1. The lowest BCUT2D eigenvalue weighted by molar-refractivity contribution is 0.411. The van der Waals surface area contributed by atoms with Gasteiger partial charge in [0.1, 0.15) is 5.75 Å². The van der Waals surface area contributed by atoms with Crippen LogP contribution in [0.3, 0.4) is 0 Å². The van der Waals surface area contributed by atoms with E-state index in [9.17, 15) is 0 Å². The quantitative estimate of drug-likeness (QED) is 0.890. The third kappa shape index (κ3) is 2.63. The average molecular weight is 263 g/mol. The number of anilines is 2. The van der Waals surface area contributed by atoms with Crippen LogP contribution in [0.2, 0.25) is 0 Å². The van der Waals surface area contributed by atoms with Gasteiger partial charge in [-0.25, -0.2) is 4.98 Å². The minimum Gasteiger partial charge on any atom is -0.496 e. The summed E-state index contributed by atoms with van der Waals surface area (Å²) in [5.41, 5.74) is 8.85. The molecule has 0 atom stereocenters. The summed E-state index contributed by atoms with van der Waals surface area (Å²) >= 11 is 1.57. The first-order valence-corrected chi connectivity index (χ1v) is 6.52. The van der Waals surface area contributed by atoms with Crippen LogP contribution in [-0.2, 0) is 6.54 Å². The maximum atomic E-state index is 5.57. The summed E-state index contributed by atoms with van der Waals surface area (Å²) in [6.45, 7) is 4.60. The summed E-state index contributed by atoms with van der Waals surface area (Å²) in [5.74, 6) is 0.903. The van der Waals surface area contributed by atoms with Crippen molar-refractivity contribution in [1.29, 1.82) is 0 Å². The monoisotopic (exact) mass is 263 g/mol. The Balaban J connectivity index is 2.26. The van der Waals surface area contributed by atoms with E-state index in [0.29, 0.717) is 6.54 Å². The van der Waals surface area contributed by atoms with Crippen molar-refractivity contribution in [3.05, 3.63) is 34.3 Å². The van der Waals surface area contributed by atoms with Crippen molar-refractivity contribution in [2.45, 2.75) is 20.4 Å². The normalized spacial score (nSPS) is 10.4. The van der Waals surface area contributed by atoms with Gasteiger partial charge in [0, 0.05) is 23.3 Å². The molecule has 96 valence electrons. The highest BCUT2D eigenvalue weighted by atomic mass is 32.1. The predicted octanol–water partition coefficient (Wildman–Crippen LogP) is 2.97. The van der Waals surface area contributed by atoms with E-state index in [-0.39, 0.29) is 0 Å². The average Bonchev–Trinajstić information content (AvgIpc) is 2.81. The maximum Gasteiger partial charge on any atom is 0.187 e. The number of nitrogens with two attached hydrogens (primary N) is 1.